The van der Waals surface area contributed by atoms with E-state index in [-0.39, 0.29) is 23.8 Å². The van der Waals surface area contributed by atoms with E-state index in [1.165, 1.54) is 4.90 Å². The zero-order valence-electron chi connectivity index (χ0n) is 20.2. The lowest BCUT2D eigenvalue weighted by Crippen LogP contribution is -2.57. The molecule has 0 aromatic carbocycles. The van der Waals surface area contributed by atoms with E-state index >= 15 is 0 Å². The fourth-order valence-corrected chi connectivity index (χ4v) is 6.21. The molecule has 7 heteroatoms. The van der Waals surface area contributed by atoms with Gasteiger partial charge in [-0.3, -0.25) is 14.5 Å². The summed E-state index contributed by atoms with van der Waals surface area (Å²) in [6, 6.07) is -0.257. The number of likely N-dealkylation sites (N-methyl/N-ethyl adjacent to an activating group) is 1. The molecule has 0 radical (unpaired) electrons. The van der Waals surface area contributed by atoms with Gasteiger partial charge in [0.15, 0.2) is 0 Å². The molecule has 3 fully saturated rings. The normalized spacial score (nSPS) is 32.6. The number of likely N-dealkylation sites (tertiary alicyclic amines) is 1. The van der Waals surface area contributed by atoms with Gasteiger partial charge in [-0.2, -0.15) is 0 Å². The summed E-state index contributed by atoms with van der Waals surface area (Å²) in [4.78, 5) is 45.0. The van der Waals surface area contributed by atoms with Crippen LogP contribution in [0.1, 0.15) is 52.4 Å². The standard InChI is InChI=1S/C25H40N4O3/c1-17(2)7-10-25(23(31)29(24(32)26-25)14-13-27(3)4)20-8-11-28(12-9-20)22(30)21-16-18-5-6-19(21)15-18/h5-6,17-21H,7-16H2,1-4H3,(H,26,32)/t18-,19+,21+,25+/m1/s1. The van der Waals surface area contributed by atoms with Gasteiger partial charge < -0.3 is 15.1 Å². The van der Waals surface area contributed by atoms with Crippen molar-refractivity contribution in [2.45, 2.75) is 57.9 Å². The summed E-state index contributed by atoms with van der Waals surface area (Å²) in [7, 11) is 3.90. The lowest BCUT2D eigenvalue weighted by Gasteiger charge is -2.42. The van der Waals surface area contributed by atoms with Crippen molar-refractivity contribution >= 4 is 17.8 Å². The Balaban J connectivity index is 1.44. The van der Waals surface area contributed by atoms with Crippen LogP contribution in [0.2, 0.25) is 0 Å². The first-order valence-corrected chi connectivity index (χ1v) is 12.5. The molecule has 2 heterocycles. The molecule has 178 valence electrons. The Bertz CT molecular complexity index is 771. The molecule has 2 aliphatic heterocycles. The summed E-state index contributed by atoms with van der Waals surface area (Å²) in [5.41, 5.74) is -0.821. The van der Waals surface area contributed by atoms with Gasteiger partial charge in [-0.25, -0.2) is 4.79 Å². The molecule has 0 spiro atoms. The summed E-state index contributed by atoms with van der Waals surface area (Å²) in [6.07, 6.45) is 9.74. The maximum Gasteiger partial charge on any atom is 0.325 e. The highest BCUT2D eigenvalue weighted by Gasteiger charge is 2.55. The third kappa shape index (κ3) is 4.33. The molecule has 2 saturated heterocycles. The van der Waals surface area contributed by atoms with Crippen LogP contribution in [0.4, 0.5) is 4.79 Å². The van der Waals surface area contributed by atoms with Gasteiger partial charge in [0.25, 0.3) is 5.91 Å². The van der Waals surface area contributed by atoms with E-state index in [4.69, 9.17) is 0 Å². The summed E-state index contributed by atoms with van der Waals surface area (Å²) in [6.45, 7) is 6.75. The Morgan fingerprint density at radius 3 is 2.47 bits per heavy atom. The number of nitrogens with zero attached hydrogens (tertiary/aromatic N) is 3. The van der Waals surface area contributed by atoms with Crippen LogP contribution in [0.25, 0.3) is 0 Å². The summed E-state index contributed by atoms with van der Waals surface area (Å²) < 4.78 is 0. The molecular weight excluding hydrogens is 404 g/mol. The molecule has 7 nitrogen and oxygen atoms in total. The molecule has 2 aliphatic carbocycles. The van der Waals surface area contributed by atoms with Crippen LogP contribution in [0.5, 0.6) is 0 Å². The van der Waals surface area contributed by atoms with Crippen LogP contribution in [0.15, 0.2) is 12.2 Å². The lowest BCUT2D eigenvalue weighted by molar-refractivity contribution is -0.139. The van der Waals surface area contributed by atoms with Crippen LogP contribution in [-0.4, -0.2) is 78.4 Å². The highest BCUT2D eigenvalue weighted by Crippen LogP contribution is 2.45. The summed E-state index contributed by atoms with van der Waals surface area (Å²) in [5.74, 6) is 1.92. The van der Waals surface area contributed by atoms with E-state index < -0.39 is 5.54 Å². The average Bonchev–Trinajstić information content (AvgIpc) is 3.45. The topological polar surface area (TPSA) is 73.0 Å². The molecule has 2 bridgehead atoms. The number of rotatable bonds is 8. The van der Waals surface area contributed by atoms with Crippen molar-refractivity contribution in [3.05, 3.63) is 12.2 Å². The van der Waals surface area contributed by atoms with Crippen molar-refractivity contribution < 1.29 is 14.4 Å². The Kier molecular flexibility index (Phi) is 6.66. The minimum absolute atomic E-state index is 0.0620. The predicted octanol–water partition coefficient (Wildman–Crippen LogP) is 2.73. The number of carbonyl (C=O) groups is 3. The van der Waals surface area contributed by atoms with Crippen LogP contribution in [0.3, 0.4) is 0 Å². The molecule has 1 N–H and O–H groups in total. The molecule has 0 aromatic rings. The second-order valence-electron chi connectivity index (χ2n) is 11.1. The number of allylic oxidation sites excluding steroid dienone is 2. The number of urea groups is 1. The number of nitrogens with one attached hydrogen (secondary N) is 1. The molecule has 4 aliphatic rings. The first kappa shape index (κ1) is 23.3. The molecule has 4 rings (SSSR count). The van der Waals surface area contributed by atoms with Gasteiger partial charge in [-0.05, 0) is 76.3 Å². The number of amides is 4. The predicted molar refractivity (Wildman–Crippen MR) is 124 cm³/mol. The molecule has 0 unspecified atom stereocenters. The van der Waals surface area contributed by atoms with Gasteiger partial charge in [0.1, 0.15) is 5.54 Å². The zero-order valence-corrected chi connectivity index (χ0v) is 20.2. The smallest absolute Gasteiger partial charge is 0.325 e. The van der Waals surface area contributed by atoms with Crippen LogP contribution in [-0.2, 0) is 9.59 Å². The summed E-state index contributed by atoms with van der Waals surface area (Å²) in [5, 5.41) is 3.14. The van der Waals surface area contributed by atoms with Gasteiger partial charge in [-0.1, -0.05) is 26.0 Å². The molecule has 4 amide bonds. The van der Waals surface area contributed by atoms with Crippen molar-refractivity contribution in [1.82, 2.24) is 20.0 Å². The Morgan fingerprint density at radius 1 is 1.19 bits per heavy atom. The third-order valence-corrected chi connectivity index (χ3v) is 8.19. The maximum absolute atomic E-state index is 13.6. The van der Waals surface area contributed by atoms with Crippen LogP contribution < -0.4 is 5.32 Å². The van der Waals surface area contributed by atoms with Gasteiger partial charge in [0, 0.05) is 32.1 Å². The second-order valence-corrected chi connectivity index (χ2v) is 11.1. The van der Waals surface area contributed by atoms with Crippen molar-refractivity contribution in [3.63, 3.8) is 0 Å². The lowest BCUT2D eigenvalue weighted by atomic mass is 9.73. The van der Waals surface area contributed by atoms with E-state index in [0.29, 0.717) is 56.3 Å². The van der Waals surface area contributed by atoms with Gasteiger partial charge in [-0.15, -0.1) is 0 Å². The van der Waals surface area contributed by atoms with E-state index in [1.54, 1.807) is 0 Å². The second kappa shape index (κ2) is 9.16. The quantitative estimate of drug-likeness (QED) is 0.462. The number of carbonyl (C=O) groups excluding carboxylic acids is 3. The monoisotopic (exact) mass is 444 g/mol. The molecular formula is C25H40N4O3. The zero-order chi connectivity index (χ0) is 23.0. The highest BCUT2D eigenvalue weighted by atomic mass is 16.2. The fraction of sp³-hybridized carbons (Fsp3) is 0.800. The van der Waals surface area contributed by atoms with Crippen molar-refractivity contribution in [2.75, 3.05) is 40.3 Å². The van der Waals surface area contributed by atoms with Crippen molar-refractivity contribution in [1.29, 1.82) is 0 Å². The van der Waals surface area contributed by atoms with Crippen LogP contribution >= 0.6 is 0 Å². The Labute approximate surface area is 192 Å². The van der Waals surface area contributed by atoms with Crippen LogP contribution in [0, 0.1) is 29.6 Å². The molecule has 0 aromatic heterocycles. The number of imide groups is 1. The highest BCUT2D eigenvalue weighted by molar-refractivity contribution is 6.07. The molecule has 1 saturated carbocycles. The summed E-state index contributed by atoms with van der Waals surface area (Å²) >= 11 is 0. The first-order chi connectivity index (χ1) is 15.2. The largest absolute Gasteiger partial charge is 0.342 e. The maximum atomic E-state index is 13.6. The van der Waals surface area contributed by atoms with Gasteiger partial charge in [0.05, 0.1) is 0 Å². The number of fused-ring (bicyclic) bond motifs is 2. The van der Waals surface area contributed by atoms with Crippen molar-refractivity contribution in [2.24, 2.45) is 29.6 Å². The first-order valence-electron chi connectivity index (χ1n) is 12.5. The minimum Gasteiger partial charge on any atom is -0.342 e. The van der Waals surface area contributed by atoms with E-state index in [9.17, 15) is 14.4 Å². The Hall–Kier alpha value is -1.89. The number of hydrogen-bond donors (Lipinski definition) is 1. The van der Waals surface area contributed by atoms with Gasteiger partial charge in [0.2, 0.25) is 5.91 Å². The van der Waals surface area contributed by atoms with E-state index in [2.05, 4.69) is 31.3 Å². The number of hydrogen-bond acceptors (Lipinski definition) is 4. The van der Waals surface area contributed by atoms with Crippen molar-refractivity contribution in [3.8, 4) is 0 Å². The minimum atomic E-state index is -0.821. The van der Waals surface area contributed by atoms with Gasteiger partial charge >= 0.3 is 6.03 Å². The average molecular weight is 445 g/mol. The van der Waals surface area contributed by atoms with E-state index in [1.807, 2.05) is 23.9 Å². The molecule has 32 heavy (non-hydrogen) atoms. The molecule has 4 atom stereocenters. The number of piperidine rings is 1. The SMILES string of the molecule is CC(C)CC[C@@]1(C2CCN(C(=O)[C@H]3C[C@@H]4C=C[C@H]3C4)CC2)NC(=O)N(CCN(C)C)C1=O. The van der Waals surface area contributed by atoms with E-state index in [0.717, 1.165) is 32.1 Å². The fourth-order valence-electron chi connectivity index (χ4n) is 6.21. The third-order valence-electron chi connectivity index (χ3n) is 8.19. The Morgan fingerprint density at radius 2 is 1.91 bits per heavy atom.